The van der Waals surface area contributed by atoms with Gasteiger partial charge in [-0.25, -0.2) is 4.79 Å². The highest BCUT2D eigenvalue weighted by atomic mass is 16.3. The highest BCUT2D eigenvalue weighted by Crippen LogP contribution is 2.13. The predicted molar refractivity (Wildman–Crippen MR) is 90.4 cm³/mol. The Kier molecular flexibility index (Phi) is 5.78. The molecule has 1 aromatic heterocycles. The minimum atomic E-state index is -0.924. The zero-order chi connectivity index (χ0) is 18.4. The summed E-state index contributed by atoms with van der Waals surface area (Å²) in [4.78, 5) is 35.5. The number of nitrogens with one attached hydrogen (secondary N) is 3. The van der Waals surface area contributed by atoms with Crippen LogP contribution in [0, 0.1) is 13.8 Å². The summed E-state index contributed by atoms with van der Waals surface area (Å²) >= 11 is 0. The Hall–Kier alpha value is -3.29. The van der Waals surface area contributed by atoms with Gasteiger partial charge in [-0.1, -0.05) is 30.3 Å². The number of furan rings is 1. The molecule has 1 atom stereocenters. The molecule has 1 aromatic carbocycles. The van der Waals surface area contributed by atoms with Crippen LogP contribution in [-0.4, -0.2) is 23.9 Å². The highest BCUT2D eigenvalue weighted by Gasteiger charge is 2.21. The number of hydrogen-bond donors (Lipinski definition) is 4. The van der Waals surface area contributed by atoms with Gasteiger partial charge in [0.25, 0.3) is 11.8 Å². The molecule has 25 heavy (non-hydrogen) atoms. The maximum absolute atomic E-state index is 12.3. The Labute approximate surface area is 144 Å². The predicted octanol–water partition coefficient (Wildman–Crippen LogP) is 0.937. The number of carbonyl (C=O) groups is 3. The van der Waals surface area contributed by atoms with Gasteiger partial charge in [0.2, 0.25) is 0 Å². The lowest BCUT2D eigenvalue weighted by Gasteiger charge is -2.17. The van der Waals surface area contributed by atoms with E-state index in [1.807, 2.05) is 30.3 Å². The molecule has 4 amide bonds. The van der Waals surface area contributed by atoms with E-state index in [4.69, 9.17) is 10.2 Å². The van der Waals surface area contributed by atoms with E-state index in [0.717, 1.165) is 5.56 Å². The van der Waals surface area contributed by atoms with Crippen molar-refractivity contribution in [3.05, 3.63) is 59.0 Å². The lowest BCUT2D eigenvalue weighted by Crippen LogP contribution is -2.54. The lowest BCUT2D eigenvalue weighted by molar-refractivity contribution is -0.123. The first-order valence-electron chi connectivity index (χ1n) is 7.64. The molecule has 8 heteroatoms. The summed E-state index contributed by atoms with van der Waals surface area (Å²) in [5, 5.41) is 2.36. The third-order valence-electron chi connectivity index (χ3n) is 3.50. The standard InChI is InChI=1S/C17H20N4O4/c1-10-8-13(11(2)25-10)15(22)20-21-16(23)14(19-17(18)24)9-12-6-4-3-5-7-12/h3-8,14H,9H2,1-2H3,(H,20,22)(H,21,23)(H3,18,19,24). The van der Waals surface area contributed by atoms with E-state index in [0.29, 0.717) is 17.1 Å². The lowest BCUT2D eigenvalue weighted by atomic mass is 10.1. The second-order valence-corrected chi connectivity index (χ2v) is 5.52. The number of primary amides is 1. The van der Waals surface area contributed by atoms with Crippen molar-refractivity contribution in [2.24, 2.45) is 5.73 Å². The Morgan fingerprint density at radius 2 is 1.80 bits per heavy atom. The molecule has 8 nitrogen and oxygen atoms in total. The average Bonchev–Trinajstić information content (AvgIpc) is 2.90. The summed E-state index contributed by atoms with van der Waals surface area (Å²) in [6, 6.07) is 8.94. The third-order valence-corrected chi connectivity index (χ3v) is 3.50. The summed E-state index contributed by atoms with van der Waals surface area (Å²) in [6.45, 7) is 3.37. The second-order valence-electron chi connectivity index (χ2n) is 5.52. The summed E-state index contributed by atoms with van der Waals surface area (Å²) < 4.78 is 5.27. The molecule has 0 aliphatic heterocycles. The molecule has 0 aliphatic rings. The molecular weight excluding hydrogens is 324 g/mol. The topological polar surface area (TPSA) is 126 Å². The smallest absolute Gasteiger partial charge is 0.312 e. The number of benzene rings is 1. The maximum Gasteiger partial charge on any atom is 0.312 e. The van der Waals surface area contributed by atoms with Crippen molar-refractivity contribution in [3.63, 3.8) is 0 Å². The van der Waals surface area contributed by atoms with E-state index in [1.54, 1.807) is 19.9 Å². The molecule has 0 spiro atoms. The fourth-order valence-electron chi connectivity index (χ4n) is 2.36. The summed E-state index contributed by atoms with van der Waals surface area (Å²) in [6.07, 6.45) is 0.231. The molecule has 0 fully saturated rings. The molecule has 5 N–H and O–H groups in total. The average molecular weight is 344 g/mol. The number of amides is 4. The van der Waals surface area contributed by atoms with Gasteiger partial charge in [-0.05, 0) is 25.5 Å². The molecule has 1 unspecified atom stereocenters. The van der Waals surface area contributed by atoms with Crippen molar-refractivity contribution < 1.29 is 18.8 Å². The van der Waals surface area contributed by atoms with E-state index in [9.17, 15) is 14.4 Å². The fraction of sp³-hybridized carbons (Fsp3) is 0.235. The molecule has 132 valence electrons. The second kappa shape index (κ2) is 8.00. The van der Waals surface area contributed by atoms with Crippen molar-refractivity contribution in [3.8, 4) is 0 Å². The first-order chi connectivity index (χ1) is 11.9. The van der Waals surface area contributed by atoms with Crippen LogP contribution >= 0.6 is 0 Å². The zero-order valence-electron chi connectivity index (χ0n) is 14.0. The van der Waals surface area contributed by atoms with Crippen molar-refractivity contribution in [2.75, 3.05) is 0 Å². The van der Waals surface area contributed by atoms with Crippen molar-refractivity contribution in [1.82, 2.24) is 16.2 Å². The monoisotopic (exact) mass is 344 g/mol. The Bertz CT molecular complexity index is 770. The molecule has 0 bridgehead atoms. The van der Waals surface area contributed by atoms with Gasteiger partial charge in [0.1, 0.15) is 17.6 Å². The molecule has 1 heterocycles. The minimum absolute atomic E-state index is 0.231. The van der Waals surface area contributed by atoms with Gasteiger partial charge >= 0.3 is 6.03 Å². The molecule has 2 aromatic rings. The SMILES string of the molecule is Cc1cc(C(=O)NNC(=O)C(Cc2ccccc2)NC(N)=O)c(C)o1. The molecule has 0 saturated carbocycles. The molecule has 0 saturated heterocycles. The number of hydrogen-bond acceptors (Lipinski definition) is 4. The van der Waals surface area contributed by atoms with Crippen molar-refractivity contribution in [1.29, 1.82) is 0 Å². The Balaban J connectivity index is 2.00. The van der Waals surface area contributed by atoms with Gasteiger partial charge in [-0.2, -0.15) is 0 Å². The normalized spacial score (nSPS) is 11.4. The highest BCUT2D eigenvalue weighted by molar-refractivity contribution is 5.97. The van der Waals surface area contributed by atoms with Crippen LogP contribution in [0.15, 0.2) is 40.8 Å². The van der Waals surface area contributed by atoms with Crippen LogP contribution in [0.2, 0.25) is 0 Å². The number of rotatable bonds is 5. The van der Waals surface area contributed by atoms with E-state index in [1.165, 1.54) is 0 Å². The van der Waals surface area contributed by atoms with Gasteiger partial charge in [-0.3, -0.25) is 20.4 Å². The van der Waals surface area contributed by atoms with Gasteiger partial charge in [0.15, 0.2) is 0 Å². The van der Waals surface area contributed by atoms with Gasteiger partial charge in [0.05, 0.1) is 5.56 Å². The summed E-state index contributed by atoms with van der Waals surface area (Å²) in [5.41, 5.74) is 10.9. The summed E-state index contributed by atoms with van der Waals surface area (Å²) in [5.74, 6) is -0.0687. The van der Waals surface area contributed by atoms with Crippen LogP contribution in [-0.2, 0) is 11.2 Å². The van der Waals surface area contributed by atoms with Crippen LogP contribution in [0.1, 0.15) is 27.4 Å². The molecule has 2 rings (SSSR count). The largest absolute Gasteiger partial charge is 0.466 e. The van der Waals surface area contributed by atoms with Gasteiger partial charge in [-0.15, -0.1) is 0 Å². The zero-order valence-corrected chi connectivity index (χ0v) is 14.0. The number of nitrogens with two attached hydrogens (primary N) is 1. The minimum Gasteiger partial charge on any atom is -0.466 e. The Morgan fingerprint density at radius 1 is 1.12 bits per heavy atom. The number of carbonyl (C=O) groups excluding carboxylic acids is 3. The van der Waals surface area contributed by atoms with Crippen LogP contribution in [0.5, 0.6) is 0 Å². The molecule has 0 aliphatic carbocycles. The van der Waals surface area contributed by atoms with Crippen LogP contribution in [0.3, 0.4) is 0 Å². The maximum atomic E-state index is 12.3. The Morgan fingerprint density at radius 3 is 2.36 bits per heavy atom. The first kappa shape index (κ1) is 18.1. The van der Waals surface area contributed by atoms with E-state index < -0.39 is 23.9 Å². The quantitative estimate of drug-likeness (QED) is 0.602. The number of aryl methyl sites for hydroxylation is 2. The van der Waals surface area contributed by atoms with Crippen molar-refractivity contribution >= 4 is 17.8 Å². The van der Waals surface area contributed by atoms with E-state index >= 15 is 0 Å². The van der Waals surface area contributed by atoms with E-state index in [2.05, 4.69) is 16.2 Å². The van der Waals surface area contributed by atoms with Gasteiger partial charge in [0, 0.05) is 6.42 Å². The molecule has 0 radical (unpaired) electrons. The number of urea groups is 1. The van der Waals surface area contributed by atoms with Crippen LogP contribution in [0.4, 0.5) is 4.79 Å². The third kappa shape index (κ3) is 5.10. The summed E-state index contributed by atoms with van der Waals surface area (Å²) in [7, 11) is 0. The van der Waals surface area contributed by atoms with Crippen LogP contribution < -0.4 is 21.9 Å². The van der Waals surface area contributed by atoms with Crippen LogP contribution in [0.25, 0.3) is 0 Å². The van der Waals surface area contributed by atoms with Crippen molar-refractivity contribution in [2.45, 2.75) is 26.3 Å². The number of hydrazine groups is 1. The van der Waals surface area contributed by atoms with Gasteiger partial charge < -0.3 is 15.5 Å². The fourth-order valence-corrected chi connectivity index (χ4v) is 2.36. The van der Waals surface area contributed by atoms with E-state index in [-0.39, 0.29) is 6.42 Å². The first-order valence-corrected chi connectivity index (χ1v) is 7.64. The molecular formula is C17H20N4O4.